The van der Waals surface area contributed by atoms with E-state index in [2.05, 4.69) is 10.1 Å². The van der Waals surface area contributed by atoms with Crippen molar-refractivity contribution in [3.8, 4) is 0 Å². The molecule has 1 aromatic heterocycles. The molecule has 0 radical (unpaired) electrons. The van der Waals surface area contributed by atoms with Crippen molar-refractivity contribution in [3.05, 3.63) is 11.7 Å². The van der Waals surface area contributed by atoms with Gasteiger partial charge >= 0.3 is 0 Å². The summed E-state index contributed by atoms with van der Waals surface area (Å²) in [4.78, 5) is 3.86. The lowest BCUT2D eigenvalue weighted by molar-refractivity contribution is 0.378. The van der Waals surface area contributed by atoms with Crippen LogP contribution in [-0.2, 0) is 22.0 Å². The van der Waals surface area contributed by atoms with Gasteiger partial charge in [-0.1, -0.05) is 12.1 Å². The highest BCUT2D eigenvalue weighted by atomic mass is 32.2. The molecule has 0 amide bonds. The standard InChI is InChI=1S/C6H10N2O3S/c1-3-6-7-5(8-11-6)4-12(2,9)10/h3-4H2,1-2H3. The molecule has 12 heavy (non-hydrogen) atoms. The van der Waals surface area contributed by atoms with E-state index in [9.17, 15) is 8.42 Å². The van der Waals surface area contributed by atoms with Gasteiger partial charge in [-0.15, -0.1) is 0 Å². The van der Waals surface area contributed by atoms with Crippen molar-refractivity contribution < 1.29 is 12.9 Å². The molecule has 0 spiro atoms. The first kappa shape index (κ1) is 9.18. The second-order valence-corrected chi connectivity index (χ2v) is 4.67. The van der Waals surface area contributed by atoms with Gasteiger partial charge in [0.15, 0.2) is 15.7 Å². The Bertz CT molecular complexity index is 355. The van der Waals surface area contributed by atoms with Crippen LogP contribution in [0.2, 0.25) is 0 Å². The molecule has 5 nitrogen and oxygen atoms in total. The Morgan fingerprint density at radius 1 is 1.50 bits per heavy atom. The van der Waals surface area contributed by atoms with Crippen LogP contribution in [0.4, 0.5) is 0 Å². The summed E-state index contributed by atoms with van der Waals surface area (Å²) in [6.07, 6.45) is 1.76. The maximum absolute atomic E-state index is 10.8. The summed E-state index contributed by atoms with van der Waals surface area (Å²) in [6.45, 7) is 1.86. The maximum atomic E-state index is 10.8. The zero-order chi connectivity index (χ0) is 9.19. The summed E-state index contributed by atoms with van der Waals surface area (Å²) in [5.41, 5.74) is 0. The molecule has 0 saturated carbocycles. The summed E-state index contributed by atoms with van der Waals surface area (Å²) in [7, 11) is -3.06. The van der Waals surface area contributed by atoms with Crippen molar-refractivity contribution in [3.63, 3.8) is 0 Å². The molecule has 68 valence electrons. The molecule has 1 rings (SSSR count). The highest BCUT2D eigenvalue weighted by Crippen LogP contribution is 2.01. The minimum atomic E-state index is -3.06. The van der Waals surface area contributed by atoms with E-state index < -0.39 is 9.84 Å². The van der Waals surface area contributed by atoms with Crippen LogP contribution in [-0.4, -0.2) is 24.8 Å². The number of aryl methyl sites for hydroxylation is 1. The van der Waals surface area contributed by atoms with Gasteiger partial charge in [0.2, 0.25) is 5.89 Å². The fourth-order valence-corrected chi connectivity index (χ4v) is 1.31. The third-order valence-corrected chi connectivity index (χ3v) is 1.99. The number of nitrogens with zero attached hydrogens (tertiary/aromatic N) is 2. The van der Waals surface area contributed by atoms with Gasteiger partial charge in [-0.2, -0.15) is 4.98 Å². The zero-order valence-electron chi connectivity index (χ0n) is 6.94. The normalized spacial score (nSPS) is 11.8. The number of rotatable bonds is 3. The molecule has 0 unspecified atom stereocenters. The topological polar surface area (TPSA) is 73.1 Å². The number of hydrogen-bond donors (Lipinski definition) is 0. The predicted octanol–water partition coefficient (Wildman–Crippen LogP) is 0.177. The summed E-state index contributed by atoms with van der Waals surface area (Å²) in [5.74, 6) is 0.541. The zero-order valence-corrected chi connectivity index (χ0v) is 7.76. The molecule has 1 aromatic rings. The van der Waals surface area contributed by atoms with Crippen molar-refractivity contribution in [2.24, 2.45) is 0 Å². The lowest BCUT2D eigenvalue weighted by atomic mass is 10.5. The van der Waals surface area contributed by atoms with Crippen LogP contribution in [0.15, 0.2) is 4.52 Å². The van der Waals surface area contributed by atoms with E-state index in [1.54, 1.807) is 0 Å². The predicted molar refractivity (Wildman–Crippen MR) is 42.2 cm³/mol. The Balaban J connectivity index is 2.78. The quantitative estimate of drug-likeness (QED) is 0.679. The summed E-state index contributed by atoms with van der Waals surface area (Å²) in [6, 6.07) is 0. The molecule has 0 atom stereocenters. The third-order valence-electron chi connectivity index (χ3n) is 1.20. The Hall–Kier alpha value is -0.910. The van der Waals surface area contributed by atoms with Gasteiger partial charge in [0.25, 0.3) is 0 Å². The van der Waals surface area contributed by atoms with Gasteiger partial charge in [0.1, 0.15) is 5.75 Å². The lowest BCUT2D eigenvalue weighted by Crippen LogP contribution is -2.02. The van der Waals surface area contributed by atoms with Crippen molar-refractivity contribution in [1.82, 2.24) is 10.1 Å². The molecule has 0 saturated heterocycles. The second-order valence-electron chi connectivity index (χ2n) is 2.53. The maximum Gasteiger partial charge on any atom is 0.226 e. The Labute approximate surface area is 70.7 Å². The molecule has 0 N–H and O–H groups in total. The van der Waals surface area contributed by atoms with Gasteiger partial charge in [0, 0.05) is 12.7 Å². The van der Waals surface area contributed by atoms with E-state index >= 15 is 0 Å². The molecule has 1 heterocycles. The number of sulfone groups is 1. The van der Waals surface area contributed by atoms with Crippen molar-refractivity contribution in [2.45, 2.75) is 19.1 Å². The first-order valence-corrected chi connectivity index (χ1v) is 5.56. The minimum absolute atomic E-state index is 0.156. The Morgan fingerprint density at radius 2 is 2.17 bits per heavy atom. The summed E-state index contributed by atoms with van der Waals surface area (Å²) >= 11 is 0. The minimum Gasteiger partial charge on any atom is -0.339 e. The van der Waals surface area contributed by atoms with E-state index in [1.165, 1.54) is 0 Å². The molecule has 0 aliphatic heterocycles. The molecule has 0 aliphatic carbocycles. The van der Waals surface area contributed by atoms with E-state index in [-0.39, 0.29) is 11.6 Å². The smallest absolute Gasteiger partial charge is 0.226 e. The van der Waals surface area contributed by atoms with Crippen LogP contribution in [0.25, 0.3) is 0 Å². The average molecular weight is 190 g/mol. The van der Waals surface area contributed by atoms with Gasteiger partial charge in [-0.05, 0) is 0 Å². The highest BCUT2D eigenvalue weighted by Gasteiger charge is 2.10. The Morgan fingerprint density at radius 3 is 2.58 bits per heavy atom. The van der Waals surface area contributed by atoms with E-state index in [1.807, 2.05) is 6.92 Å². The first-order chi connectivity index (χ1) is 5.51. The van der Waals surface area contributed by atoms with Crippen LogP contribution < -0.4 is 0 Å². The molecule has 0 aliphatic rings. The molecule has 0 bridgehead atoms. The van der Waals surface area contributed by atoms with Gasteiger partial charge in [0.05, 0.1) is 0 Å². The molecule has 6 heteroatoms. The average Bonchev–Trinajstić information content (AvgIpc) is 2.32. The summed E-state index contributed by atoms with van der Waals surface area (Å²) < 4.78 is 26.3. The fraction of sp³-hybridized carbons (Fsp3) is 0.667. The van der Waals surface area contributed by atoms with E-state index in [4.69, 9.17) is 4.52 Å². The van der Waals surface area contributed by atoms with Crippen LogP contribution in [0, 0.1) is 0 Å². The van der Waals surface area contributed by atoms with Crippen LogP contribution in [0.3, 0.4) is 0 Å². The van der Waals surface area contributed by atoms with E-state index in [0.717, 1.165) is 6.26 Å². The fourth-order valence-electron chi connectivity index (χ4n) is 0.727. The van der Waals surface area contributed by atoms with Crippen LogP contribution in [0.1, 0.15) is 18.6 Å². The first-order valence-electron chi connectivity index (χ1n) is 3.50. The van der Waals surface area contributed by atoms with Crippen LogP contribution in [0.5, 0.6) is 0 Å². The van der Waals surface area contributed by atoms with Gasteiger partial charge in [-0.25, -0.2) is 8.42 Å². The largest absolute Gasteiger partial charge is 0.339 e. The monoisotopic (exact) mass is 190 g/mol. The number of hydrogen-bond acceptors (Lipinski definition) is 5. The Kier molecular flexibility index (Phi) is 2.46. The number of aromatic nitrogens is 2. The van der Waals surface area contributed by atoms with Crippen LogP contribution >= 0.6 is 0 Å². The lowest BCUT2D eigenvalue weighted by Gasteiger charge is -1.88. The third kappa shape index (κ3) is 2.61. The summed E-state index contributed by atoms with van der Waals surface area (Å²) in [5, 5.41) is 3.51. The highest BCUT2D eigenvalue weighted by molar-refractivity contribution is 7.89. The van der Waals surface area contributed by atoms with Gasteiger partial charge < -0.3 is 4.52 Å². The van der Waals surface area contributed by atoms with Crippen molar-refractivity contribution in [1.29, 1.82) is 0 Å². The molecule has 0 aromatic carbocycles. The molecular formula is C6H10N2O3S. The molecule has 0 fully saturated rings. The van der Waals surface area contributed by atoms with E-state index in [0.29, 0.717) is 12.3 Å². The SMILES string of the molecule is CCc1nc(CS(C)(=O)=O)no1. The second kappa shape index (κ2) is 3.22. The van der Waals surface area contributed by atoms with Crippen molar-refractivity contribution in [2.75, 3.05) is 6.26 Å². The van der Waals surface area contributed by atoms with Crippen molar-refractivity contribution >= 4 is 9.84 Å². The molecular weight excluding hydrogens is 180 g/mol. The van der Waals surface area contributed by atoms with Gasteiger partial charge in [-0.3, -0.25) is 0 Å².